The van der Waals surface area contributed by atoms with Crippen LogP contribution in [0, 0.1) is 33.3 Å². The molecule has 0 bridgehead atoms. The Hall–Kier alpha value is -0.853. The van der Waals surface area contributed by atoms with Gasteiger partial charge in [-0.3, -0.25) is 0 Å². The minimum atomic E-state index is -6.00. The molecule has 16 heavy (non-hydrogen) atoms. The molecule has 0 aromatic heterocycles. The van der Waals surface area contributed by atoms with Crippen LogP contribution in [0.1, 0.15) is 0 Å². The van der Waals surface area contributed by atoms with Gasteiger partial charge in [-0.2, -0.15) is 0 Å². The molecular weight excluding hydrogens is 413 g/mol. The Morgan fingerprint density at radius 1 is 0.500 bits per heavy atom. The molecule has 0 saturated carbocycles. The van der Waals surface area contributed by atoms with Crippen molar-refractivity contribution in [2.24, 2.45) is 0 Å². The zero-order valence-electron chi connectivity index (χ0n) is 7.01. The van der Waals surface area contributed by atoms with Gasteiger partial charge in [0.25, 0.3) is 0 Å². The fraction of sp³-hybridized carbons (Fsp3) is 0. The van der Waals surface area contributed by atoms with Gasteiger partial charge in [-0.15, -0.1) is 0 Å². The van der Waals surface area contributed by atoms with E-state index in [2.05, 4.69) is 33.3 Å². The fourth-order valence-electron chi connectivity index (χ4n) is 0. The summed E-state index contributed by atoms with van der Waals surface area (Å²) in [6.07, 6.45) is 0. The van der Waals surface area contributed by atoms with Crippen molar-refractivity contribution in [3.05, 3.63) is 33.3 Å². The average molecular weight is 413 g/mol. The van der Waals surface area contributed by atoms with Crippen LogP contribution >= 0.6 is 0 Å². The molecule has 11 heteroatoms. The van der Waals surface area contributed by atoms with Crippen LogP contribution in [0.2, 0.25) is 0 Å². The zero-order chi connectivity index (χ0) is 14.5. The van der Waals surface area contributed by atoms with Crippen LogP contribution in [-0.4, -0.2) is 7.25 Å². The first-order valence-electron chi connectivity index (χ1n) is 1.89. The number of hydrogen-bond acceptors (Lipinski definition) is 0. The largest absolute Gasteiger partial charge is 0 e. The van der Waals surface area contributed by atoms with E-state index in [-0.39, 0.29) is 20.4 Å². The molecule has 0 fully saturated rings. The van der Waals surface area contributed by atoms with Crippen LogP contribution in [0.25, 0.3) is 0 Å². The first kappa shape index (κ1) is 45.7. The summed E-state index contributed by atoms with van der Waals surface area (Å²) in [6.45, 7) is 22.5. The predicted molar refractivity (Wildman–Crippen MR) is 29.8 cm³/mol. The van der Waals surface area contributed by atoms with E-state index in [1.54, 1.807) is 0 Å². The third-order valence-corrected chi connectivity index (χ3v) is 0. The van der Waals surface area contributed by atoms with Crippen molar-refractivity contribution in [3.63, 3.8) is 0 Å². The Morgan fingerprint density at radius 3 is 0.500 bits per heavy atom. The van der Waals surface area contributed by atoms with Crippen molar-refractivity contribution in [2.45, 2.75) is 0 Å². The molecule has 0 atom stereocenters. The van der Waals surface area contributed by atoms with Crippen molar-refractivity contribution < 1.29 is 60.9 Å². The minimum Gasteiger partial charge on any atom is 0 e. The zero-order valence-corrected chi connectivity index (χ0v) is 9.72. The first-order chi connectivity index (χ1) is 7.00. The Bertz CT molecular complexity index is 143. The molecule has 0 unspecified atom stereocenters. The maximum atomic E-state index is 9.75. The van der Waals surface area contributed by atoms with Crippen molar-refractivity contribution in [1.82, 2.24) is 0 Å². The van der Waals surface area contributed by atoms with Crippen LogP contribution in [-0.2, 0) is 43.7 Å². The van der Waals surface area contributed by atoms with Gasteiger partial charge in [0.05, 0.1) is 0 Å². The van der Waals surface area contributed by atoms with Crippen LogP contribution in [0.3, 0.4) is 0 Å². The molecule has 89 valence electrons. The number of rotatable bonds is 0. The van der Waals surface area contributed by atoms with Gasteiger partial charge in [0.1, 0.15) is 0 Å². The van der Waals surface area contributed by atoms with Crippen molar-refractivity contribution in [3.8, 4) is 0 Å². The summed E-state index contributed by atoms with van der Waals surface area (Å²) in [4.78, 5) is 0. The monoisotopic (exact) mass is 414 g/mol. The van der Waals surface area contributed by atoms with Crippen LogP contribution in [0.15, 0.2) is 0 Å². The second-order valence-corrected chi connectivity index (χ2v) is 0.495. The second-order valence-electron chi connectivity index (χ2n) is 0.495. The Kier molecular flexibility index (Phi) is 263. The molecule has 0 rings (SSSR count). The summed E-state index contributed by atoms with van der Waals surface area (Å²) < 4.78 is 76.5. The summed E-state index contributed by atoms with van der Waals surface area (Å²) >= 11 is 0. The normalized spacial score (nSPS) is 4.38. The number of halogens is 4. The minimum absolute atomic E-state index is 0. The summed E-state index contributed by atoms with van der Waals surface area (Å²) in [5, 5.41) is 0. The third-order valence-electron chi connectivity index (χ3n) is 0. The average Bonchev–Trinajstić information content (AvgIpc) is 2.29. The van der Waals surface area contributed by atoms with Crippen molar-refractivity contribution in [1.29, 1.82) is 0 Å². The van der Waals surface area contributed by atoms with Gasteiger partial charge >= 0.3 is 63.8 Å². The molecule has 0 aromatic rings. The third kappa shape index (κ3) is 2670. The van der Waals surface area contributed by atoms with E-state index >= 15 is 0 Å². The van der Waals surface area contributed by atoms with E-state index < -0.39 is 7.25 Å². The molecule has 0 saturated heterocycles. The smallest absolute Gasteiger partial charge is 0 e. The molecule has 0 aliphatic heterocycles. The quantitative estimate of drug-likeness (QED) is 0.246. The summed E-state index contributed by atoms with van der Waals surface area (Å²) in [7, 11) is -6.00. The molecule has 0 N–H and O–H groups in total. The molecule has 0 spiro atoms. The van der Waals surface area contributed by atoms with Gasteiger partial charge in [-0.25, -0.2) is 0 Å². The molecule has 0 aliphatic carbocycles. The van der Waals surface area contributed by atoms with Gasteiger partial charge in [0, 0.05) is 20.4 Å². The summed E-state index contributed by atoms with van der Waals surface area (Å²) in [5.74, 6) is 0. The molecular formula is C5BF4O5Re-. The molecule has 0 aromatic carbocycles. The molecule has 1 radical (unpaired) electrons. The Labute approximate surface area is 102 Å². The molecule has 5 nitrogen and oxygen atoms in total. The van der Waals surface area contributed by atoms with Crippen molar-refractivity contribution in [2.75, 3.05) is 0 Å². The van der Waals surface area contributed by atoms with Crippen LogP contribution in [0.4, 0.5) is 17.3 Å². The second kappa shape index (κ2) is 92.3. The van der Waals surface area contributed by atoms with Gasteiger partial charge in [-0.1, -0.05) is 0 Å². The summed E-state index contributed by atoms with van der Waals surface area (Å²) in [5.41, 5.74) is 0. The molecule has 0 amide bonds. The van der Waals surface area contributed by atoms with E-state index in [0.29, 0.717) is 0 Å². The van der Waals surface area contributed by atoms with E-state index in [0.717, 1.165) is 0 Å². The van der Waals surface area contributed by atoms with Gasteiger partial charge in [0.15, 0.2) is 0 Å². The Balaban J connectivity index is -0.0000000130. The van der Waals surface area contributed by atoms with E-state index in [9.17, 15) is 17.3 Å². The maximum absolute atomic E-state index is 9.75. The topological polar surface area (TPSA) is 99.5 Å². The van der Waals surface area contributed by atoms with E-state index in [4.69, 9.17) is 23.3 Å². The maximum Gasteiger partial charge on any atom is 0 e. The van der Waals surface area contributed by atoms with Gasteiger partial charge in [-0.05, 0) is 0 Å². The SMILES string of the molecule is F[B-](F)(F)F.[C-]#[O+].[C-]#[O+].[C-]#[O+].[C-]#[O+].[C-]#[O+].[Re]. The number of hydrogen-bond donors (Lipinski definition) is 0. The van der Waals surface area contributed by atoms with Gasteiger partial charge < -0.3 is 17.3 Å². The summed E-state index contributed by atoms with van der Waals surface area (Å²) in [6, 6.07) is 0. The van der Waals surface area contributed by atoms with Gasteiger partial charge in [0.2, 0.25) is 0 Å². The fourth-order valence-corrected chi connectivity index (χ4v) is 0. The first-order valence-corrected chi connectivity index (χ1v) is 1.89. The molecule has 0 heterocycles. The predicted octanol–water partition coefficient (Wildman–Crippen LogP) is 1.11. The molecule has 0 aliphatic rings. The van der Waals surface area contributed by atoms with Crippen LogP contribution < -0.4 is 0 Å². The van der Waals surface area contributed by atoms with Crippen molar-refractivity contribution >= 4 is 7.25 Å². The Morgan fingerprint density at radius 2 is 0.500 bits per heavy atom. The van der Waals surface area contributed by atoms with E-state index in [1.807, 2.05) is 0 Å². The van der Waals surface area contributed by atoms with Crippen LogP contribution in [0.5, 0.6) is 0 Å². The standard InChI is InChI=1S/5CO.BF4.Re/c5*1-2;2-1(3,4)5;/q;;;;;-1;. The van der Waals surface area contributed by atoms with E-state index in [1.165, 1.54) is 0 Å².